The van der Waals surface area contributed by atoms with Gasteiger partial charge in [-0.2, -0.15) is 4.31 Å². The lowest BCUT2D eigenvalue weighted by molar-refractivity contribution is 0.102. The predicted octanol–water partition coefficient (Wildman–Crippen LogP) is 4.88. The number of hydrogen-bond donors (Lipinski definition) is 1. The van der Waals surface area contributed by atoms with E-state index < -0.39 is 10.0 Å². The van der Waals surface area contributed by atoms with Crippen molar-refractivity contribution in [2.45, 2.75) is 31.3 Å². The Balaban J connectivity index is 1.33. The number of nitrogens with zero attached hydrogens (tertiary/aromatic N) is 2. The zero-order chi connectivity index (χ0) is 24.6. The number of nitrogens with one attached hydrogen (secondary N) is 1. The maximum atomic E-state index is 13.3. The molecule has 8 nitrogen and oxygen atoms in total. The SMILES string of the molecule is CC(C)N(Cc1ccccc1)S(=O)(=O)c1ccc(C(=O)Nc2nc3cc4c(cc3s2)OCO4)cc1. The molecule has 1 aliphatic heterocycles. The molecular formula is C25H23N3O5S2. The molecular weight excluding hydrogens is 486 g/mol. The minimum absolute atomic E-state index is 0.133. The first kappa shape index (κ1) is 23.3. The van der Waals surface area contributed by atoms with Crippen LogP contribution in [0.4, 0.5) is 5.13 Å². The van der Waals surface area contributed by atoms with Crippen molar-refractivity contribution >= 4 is 42.6 Å². The summed E-state index contributed by atoms with van der Waals surface area (Å²) in [6.07, 6.45) is 0. The van der Waals surface area contributed by atoms with Crippen LogP contribution in [0.5, 0.6) is 11.5 Å². The second-order valence-corrected chi connectivity index (χ2v) is 11.2. The molecule has 0 spiro atoms. The Labute approximate surface area is 207 Å². The van der Waals surface area contributed by atoms with E-state index in [1.54, 1.807) is 6.07 Å². The minimum Gasteiger partial charge on any atom is -0.454 e. The monoisotopic (exact) mass is 509 g/mol. The maximum absolute atomic E-state index is 13.3. The first-order valence-electron chi connectivity index (χ1n) is 11.0. The molecule has 1 aliphatic rings. The number of amides is 1. The quantitative estimate of drug-likeness (QED) is 0.381. The number of thiazole rings is 1. The fraction of sp³-hybridized carbons (Fsp3) is 0.200. The van der Waals surface area contributed by atoms with Crippen LogP contribution in [0.2, 0.25) is 0 Å². The van der Waals surface area contributed by atoms with E-state index in [-0.39, 0.29) is 30.2 Å². The average molecular weight is 510 g/mol. The summed E-state index contributed by atoms with van der Waals surface area (Å²) in [6.45, 7) is 4.13. The molecule has 0 aliphatic carbocycles. The topological polar surface area (TPSA) is 97.8 Å². The van der Waals surface area contributed by atoms with Crippen LogP contribution >= 0.6 is 11.3 Å². The summed E-state index contributed by atoms with van der Waals surface area (Å²) in [5.74, 6) is 0.900. The second-order valence-electron chi connectivity index (χ2n) is 8.30. The average Bonchev–Trinajstić information content (AvgIpc) is 3.46. The van der Waals surface area contributed by atoms with Crippen LogP contribution in [0.25, 0.3) is 10.2 Å². The van der Waals surface area contributed by atoms with E-state index in [4.69, 9.17) is 9.47 Å². The van der Waals surface area contributed by atoms with Gasteiger partial charge < -0.3 is 9.47 Å². The maximum Gasteiger partial charge on any atom is 0.257 e. The predicted molar refractivity (Wildman–Crippen MR) is 134 cm³/mol. The van der Waals surface area contributed by atoms with E-state index in [0.717, 1.165) is 10.3 Å². The van der Waals surface area contributed by atoms with Crippen LogP contribution in [-0.4, -0.2) is 36.4 Å². The highest BCUT2D eigenvalue weighted by Crippen LogP contribution is 2.39. The van der Waals surface area contributed by atoms with Gasteiger partial charge in [-0.15, -0.1) is 0 Å². The van der Waals surface area contributed by atoms with Gasteiger partial charge in [-0.25, -0.2) is 13.4 Å². The van der Waals surface area contributed by atoms with Crippen molar-refractivity contribution in [2.24, 2.45) is 0 Å². The van der Waals surface area contributed by atoms with Gasteiger partial charge in [-0.05, 0) is 43.7 Å². The van der Waals surface area contributed by atoms with Gasteiger partial charge in [0.05, 0.1) is 15.1 Å². The summed E-state index contributed by atoms with van der Waals surface area (Å²) in [4.78, 5) is 17.4. The van der Waals surface area contributed by atoms with Gasteiger partial charge in [-0.3, -0.25) is 10.1 Å². The summed E-state index contributed by atoms with van der Waals surface area (Å²) >= 11 is 1.32. The van der Waals surface area contributed by atoms with Crippen molar-refractivity contribution in [3.63, 3.8) is 0 Å². The Morgan fingerprint density at radius 3 is 2.43 bits per heavy atom. The Bertz CT molecular complexity index is 1440. The van der Waals surface area contributed by atoms with Gasteiger partial charge in [0.15, 0.2) is 16.6 Å². The molecule has 0 saturated carbocycles. The Morgan fingerprint density at radius 1 is 1.06 bits per heavy atom. The largest absolute Gasteiger partial charge is 0.454 e. The Kier molecular flexibility index (Phi) is 6.18. The van der Waals surface area contributed by atoms with E-state index in [2.05, 4.69) is 10.3 Å². The third kappa shape index (κ3) is 4.72. The third-order valence-corrected chi connectivity index (χ3v) is 8.55. The van der Waals surface area contributed by atoms with Gasteiger partial charge in [0.2, 0.25) is 16.8 Å². The molecule has 0 radical (unpaired) electrons. The summed E-state index contributed by atoms with van der Waals surface area (Å²) in [5, 5.41) is 3.21. The van der Waals surface area contributed by atoms with Gasteiger partial charge in [-0.1, -0.05) is 41.7 Å². The number of aromatic nitrogens is 1. The van der Waals surface area contributed by atoms with Crippen molar-refractivity contribution in [2.75, 3.05) is 12.1 Å². The molecule has 10 heteroatoms. The molecule has 0 bridgehead atoms. The minimum atomic E-state index is -3.75. The first-order valence-corrected chi connectivity index (χ1v) is 13.2. The fourth-order valence-electron chi connectivity index (χ4n) is 3.76. The van der Waals surface area contributed by atoms with Crippen LogP contribution in [0.15, 0.2) is 71.6 Å². The Morgan fingerprint density at radius 2 is 1.74 bits per heavy atom. The van der Waals surface area contributed by atoms with Crippen LogP contribution < -0.4 is 14.8 Å². The van der Waals surface area contributed by atoms with E-state index >= 15 is 0 Å². The van der Waals surface area contributed by atoms with E-state index in [1.807, 2.05) is 50.2 Å². The normalized spacial score (nSPS) is 13.0. The molecule has 180 valence electrons. The standard InChI is InChI=1S/C25H23N3O5S2/c1-16(2)28(14-17-6-4-3-5-7-17)35(30,31)19-10-8-18(9-11-19)24(29)27-25-26-20-12-21-22(33-15-32-21)13-23(20)34-25/h3-13,16H,14-15H2,1-2H3,(H,26,27,29). The molecule has 0 atom stereocenters. The highest BCUT2D eigenvalue weighted by Gasteiger charge is 2.27. The number of hydrogen-bond acceptors (Lipinski definition) is 7. The van der Waals surface area contributed by atoms with Crippen molar-refractivity contribution in [3.05, 3.63) is 77.9 Å². The van der Waals surface area contributed by atoms with Crippen LogP contribution in [0.3, 0.4) is 0 Å². The smallest absolute Gasteiger partial charge is 0.257 e. The van der Waals surface area contributed by atoms with E-state index in [1.165, 1.54) is 39.9 Å². The number of benzene rings is 3. The molecule has 0 saturated heterocycles. The van der Waals surface area contributed by atoms with Gasteiger partial charge in [0.1, 0.15) is 0 Å². The molecule has 1 N–H and O–H groups in total. The molecule has 3 aromatic carbocycles. The fourth-order valence-corrected chi connectivity index (χ4v) is 6.26. The first-order chi connectivity index (χ1) is 16.8. The lowest BCUT2D eigenvalue weighted by atomic mass is 10.2. The molecule has 35 heavy (non-hydrogen) atoms. The van der Waals surface area contributed by atoms with E-state index in [0.29, 0.717) is 27.7 Å². The van der Waals surface area contributed by atoms with Gasteiger partial charge in [0, 0.05) is 30.3 Å². The molecule has 0 unspecified atom stereocenters. The molecule has 1 aromatic heterocycles. The number of sulfonamides is 1. The number of fused-ring (bicyclic) bond motifs is 2. The van der Waals surface area contributed by atoms with Crippen LogP contribution in [0.1, 0.15) is 29.8 Å². The number of carbonyl (C=O) groups is 1. The number of rotatable bonds is 7. The van der Waals surface area contributed by atoms with Crippen molar-refractivity contribution in [1.82, 2.24) is 9.29 Å². The summed E-state index contributed by atoms with van der Waals surface area (Å²) in [6, 6.07) is 18.8. The second kappa shape index (κ2) is 9.29. The molecule has 1 amide bonds. The number of ether oxygens (including phenoxy) is 2. The lowest BCUT2D eigenvalue weighted by Gasteiger charge is -2.26. The third-order valence-electron chi connectivity index (χ3n) is 5.58. The van der Waals surface area contributed by atoms with Gasteiger partial charge >= 0.3 is 0 Å². The molecule has 0 fully saturated rings. The van der Waals surface area contributed by atoms with E-state index in [9.17, 15) is 13.2 Å². The highest BCUT2D eigenvalue weighted by atomic mass is 32.2. The molecule has 4 aromatic rings. The number of carbonyl (C=O) groups excluding carboxylic acids is 1. The molecule has 2 heterocycles. The highest BCUT2D eigenvalue weighted by molar-refractivity contribution is 7.89. The van der Waals surface area contributed by atoms with Crippen LogP contribution in [0, 0.1) is 0 Å². The zero-order valence-corrected chi connectivity index (χ0v) is 20.7. The molecule has 5 rings (SSSR count). The summed E-state index contributed by atoms with van der Waals surface area (Å²) in [5.41, 5.74) is 1.93. The number of anilines is 1. The van der Waals surface area contributed by atoms with Crippen molar-refractivity contribution in [3.8, 4) is 11.5 Å². The Hall–Kier alpha value is -3.47. The van der Waals surface area contributed by atoms with Crippen LogP contribution in [-0.2, 0) is 16.6 Å². The van der Waals surface area contributed by atoms with Crippen molar-refractivity contribution < 1.29 is 22.7 Å². The lowest BCUT2D eigenvalue weighted by Crippen LogP contribution is -2.36. The summed E-state index contributed by atoms with van der Waals surface area (Å²) < 4.78 is 39.7. The van der Waals surface area contributed by atoms with Gasteiger partial charge in [0.25, 0.3) is 5.91 Å². The zero-order valence-electron chi connectivity index (χ0n) is 19.1. The van der Waals surface area contributed by atoms with Crippen molar-refractivity contribution in [1.29, 1.82) is 0 Å². The summed E-state index contributed by atoms with van der Waals surface area (Å²) in [7, 11) is -3.75.